The monoisotopic (exact) mass is 386 g/mol. The summed E-state index contributed by atoms with van der Waals surface area (Å²) in [5, 5.41) is 19.4. The fourth-order valence-electron chi connectivity index (χ4n) is 2.65. The maximum absolute atomic E-state index is 12.7. The molecule has 0 aliphatic heterocycles. The molecular weight excluding hydrogens is 368 g/mol. The smallest absolute Gasteiger partial charge is 0.317 e. The highest BCUT2D eigenvalue weighted by atomic mass is 35.5. The Morgan fingerprint density at radius 1 is 1.07 bits per heavy atom. The van der Waals surface area contributed by atoms with Crippen LogP contribution in [0.3, 0.4) is 0 Å². The predicted octanol–water partition coefficient (Wildman–Crippen LogP) is 2.51. The number of aromatic nitrogens is 2. The third kappa shape index (κ3) is 4.21. The van der Waals surface area contributed by atoms with E-state index in [-0.39, 0.29) is 29.9 Å². The lowest BCUT2D eigenvalue weighted by Crippen LogP contribution is -2.45. The minimum atomic E-state index is -0.873. The van der Waals surface area contributed by atoms with Gasteiger partial charge in [0.25, 0.3) is 0 Å². The molecule has 7 nitrogen and oxygen atoms in total. The molecule has 140 valence electrons. The van der Waals surface area contributed by atoms with Crippen molar-refractivity contribution in [1.29, 1.82) is 10.5 Å². The first-order valence-corrected chi connectivity index (χ1v) is 8.51. The number of nitrogens with zero attached hydrogens (tertiary/aromatic N) is 4. The summed E-state index contributed by atoms with van der Waals surface area (Å²) in [6.45, 7) is 5.65. The van der Waals surface area contributed by atoms with Gasteiger partial charge in [0.1, 0.15) is 17.9 Å². The van der Waals surface area contributed by atoms with Crippen LogP contribution in [0.4, 0.5) is 0 Å². The van der Waals surface area contributed by atoms with Crippen LogP contribution in [-0.2, 0) is 13.1 Å². The molecular formula is C19H19ClN4O3. The maximum atomic E-state index is 12.7. The standard InChI is InChI=1S/C19H19ClN4O3/c1-19(2,3)11-24-16(9-22)15(8-21)23(17(25)18(24)26)10-12-5-6-13(27-4)7-14(12)20/h5-7H,10-11H2,1-4H3. The van der Waals surface area contributed by atoms with E-state index in [1.807, 2.05) is 32.9 Å². The van der Waals surface area contributed by atoms with Gasteiger partial charge < -0.3 is 4.74 Å². The van der Waals surface area contributed by atoms with Crippen molar-refractivity contribution in [2.75, 3.05) is 7.11 Å². The molecule has 0 saturated carbocycles. The van der Waals surface area contributed by atoms with E-state index < -0.39 is 11.1 Å². The van der Waals surface area contributed by atoms with Gasteiger partial charge in [0.15, 0.2) is 11.4 Å². The molecule has 0 aliphatic rings. The average molecular weight is 387 g/mol. The molecule has 0 atom stereocenters. The van der Waals surface area contributed by atoms with E-state index >= 15 is 0 Å². The first kappa shape index (κ1) is 20.3. The number of hydrogen-bond donors (Lipinski definition) is 0. The molecule has 2 aromatic rings. The topological polar surface area (TPSA) is 101 Å². The molecule has 0 saturated heterocycles. The molecule has 1 aromatic carbocycles. The van der Waals surface area contributed by atoms with Crippen LogP contribution in [0.5, 0.6) is 5.75 Å². The van der Waals surface area contributed by atoms with Crippen LogP contribution in [0.25, 0.3) is 0 Å². The van der Waals surface area contributed by atoms with E-state index in [0.29, 0.717) is 16.3 Å². The normalized spacial score (nSPS) is 10.9. The lowest BCUT2D eigenvalue weighted by atomic mass is 9.96. The number of hydrogen-bond acceptors (Lipinski definition) is 5. The van der Waals surface area contributed by atoms with Crippen LogP contribution in [-0.4, -0.2) is 16.2 Å². The van der Waals surface area contributed by atoms with Gasteiger partial charge in [0, 0.05) is 11.6 Å². The van der Waals surface area contributed by atoms with Crippen LogP contribution in [0.2, 0.25) is 5.02 Å². The highest BCUT2D eigenvalue weighted by Crippen LogP contribution is 2.23. The first-order chi connectivity index (χ1) is 12.6. The van der Waals surface area contributed by atoms with Crippen molar-refractivity contribution >= 4 is 11.6 Å². The van der Waals surface area contributed by atoms with Gasteiger partial charge in [0.2, 0.25) is 0 Å². The molecule has 0 spiro atoms. The van der Waals surface area contributed by atoms with Crippen molar-refractivity contribution in [1.82, 2.24) is 9.13 Å². The lowest BCUT2D eigenvalue weighted by molar-refractivity contribution is 0.333. The molecule has 1 heterocycles. The van der Waals surface area contributed by atoms with E-state index in [9.17, 15) is 20.1 Å². The summed E-state index contributed by atoms with van der Waals surface area (Å²) in [6.07, 6.45) is 0. The van der Waals surface area contributed by atoms with Gasteiger partial charge in [-0.1, -0.05) is 38.4 Å². The predicted molar refractivity (Wildman–Crippen MR) is 101 cm³/mol. The zero-order valence-electron chi connectivity index (χ0n) is 15.5. The Bertz CT molecular complexity index is 1080. The van der Waals surface area contributed by atoms with E-state index in [4.69, 9.17) is 16.3 Å². The fourth-order valence-corrected chi connectivity index (χ4v) is 2.88. The molecule has 0 bridgehead atoms. The van der Waals surface area contributed by atoms with Gasteiger partial charge in [-0.25, -0.2) is 0 Å². The molecule has 1 aromatic heterocycles. The number of nitriles is 2. The second-order valence-electron chi connectivity index (χ2n) is 7.22. The van der Waals surface area contributed by atoms with Crippen LogP contribution >= 0.6 is 11.6 Å². The Morgan fingerprint density at radius 2 is 1.63 bits per heavy atom. The highest BCUT2D eigenvalue weighted by Gasteiger charge is 2.23. The van der Waals surface area contributed by atoms with Crippen molar-refractivity contribution in [3.63, 3.8) is 0 Å². The van der Waals surface area contributed by atoms with Crippen molar-refractivity contribution in [2.24, 2.45) is 5.41 Å². The molecule has 0 unspecified atom stereocenters. The third-order valence-corrected chi connectivity index (χ3v) is 4.22. The summed E-state index contributed by atoms with van der Waals surface area (Å²) < 4.78 is 7.16. The van der Waals surface area contributed by atoms with Gasteiger partial charge in [-0.3, -0.25) is 18.7 Å². The zero-order valence-corrected chi connectivity index (χ0v) is 16.3. The Kier molecular flexibility index (Phi) is 5.78. The number of ether oxygens (including phenoxy) is 1. The minimum Gasteiger partial charge on any atom is -0.497 e. The molecule has 0 aliphatic carbocycles. The summed E-state index contributed by atoms with van der Waals surface area (Å²) in [4.78, 5) is 25.3. The molecule has 0 fully saturated rings. The van der Waals surface area contributed by atoms with E-state index in [0.717, 1.165) is 9.13 Å². The quantitative estimate of drug-likeness (QED) is 0.751. The van der Waals surface area contributed by atoms with Crippen LogP contribution in [0.15, 0.2) is 27.8 Å². The summed E-state index contributed by atoms with van der Waals surface area (Å²) in [6, 6.07) is 8.64. The van der Waals surface area contributed by atoms with E-state index in [1.165, 1.54) is 7.11 Å². The van der Waals surface area contributed by atoms with Crippen molar-refractivity contribution in [2.45, 2.75) is 33.9 Å². The number of rotatable bonds is 4. The Morgan fingerprint density at radius 3 is 2.11 bits per heavy atom. The summed E-state index contributed by atoms with van der Waals surface area (Å²) in [5.74, 6) is 0.537. The SMILES string of the molecule is COc1ccc(Cn2c(C#N)c(C#N)n(CC(C)(C)C)c(=O)c2=O)c(Cl)c1. The zero-order chi connectivity index (χ0) is 20.4. The minimum absolute atomic E-state index is 0.106. The Labute approximate surface area is 161 Å². The third-order valence-electron chi connectivity index (χ3n) is 3.87. The largest absolute Gasteiger partial charge is 0.497 e. The second kappa shape index (κ2) is 7.69. The van der Waals surface area contributed by atoms with Crippen molar-refractivity contribution < 1.29 is 4.74 Å². The molecule has 0 N–H and O–H groups in total. The number of halogens is 1. The van der Waals surface area contributed by atoms with Gasteiger partial charge >= 0.3 is 11.1 Å². The van der Waals surface area contributed by atoms with Gasteiger partial charge in [0.05, 0.1) is 13.7 Å². The van der Waals surface area contributed by atoms with E-state index in [2.05, 4.69) is 0 Å². The fraction of sp³-hybridized carbons (Fsp3) is 0.368. The first-order valence-electron chi connectivity index (χ1n) is 8.13. The maximum Gasteiger partial charge on any atom is 0.317 e. The molecule has 27 heavy (non-hydrogen) atoms. The molecule has 0 amide bonds. The molecule has 2 rings (SSSR count). The van der Waals surface area contributed by atoms with E-state index in [1.54, 1.807) is 18.2 Å². The summed E-state index contributed by atoms with van der Waals surface area (Å²) in [7, 11) is 1.50. The van der Waals surface area contributed by atoms with Crippen LogP contribution in [0.1, 0.15) is 37.7 Å². The van der Waals surface area contributed by atoms with Crippen molar-refractivity contribution in [3.05, 3.63) is 60.9 Å². The van der Waals surface area contributed by atoms with Gasteiger partial charge in [-0.15, -0.1) is 0 Å². The van der Waals surface area contributed by atoms with Gasteiger partial charge in [-0.05, 0) is 23.1 Å². The van der Waals surface area contributed by atoms with Gasteiger partial charge in [-0.2, -0.15) is 10.5 Å². The van der Waals surface area contributed by atoms with Crippen LogP contribution < -0.4 is 15.9 Å². The molecule has 0 radical (unpaired) electrons. The number of benzene rings is 1. The summed E-state index contributed by atoms with van der Waals surface area (Å²) >= 11 is 6.21. The number of methoxy groups -OCH3 is 1. The lowest BCUT2D eigenvalue weighted by Gasteiger charge is -2.22. The summed E-state index contributed by atoms with van der Waals surface area (Å²) in [5.41, 5.74) is -1.86. The second-order valence-corrected chi connectivity index (χ2v) is 7.63. The highest BCUT2D eigenvalue weighted by molar-refractivity contribution is 6.31. The Balaban J connectivity index is 2.71. The average Bonchev–Trinajstić information content (AvgIpc) is 2.61. The van der Waals surface area contributed by atoms with Crippen molar-refractivity contribution in [3.8, 4) is 17.9 Å². The van der Waals surface area contributed by atoms with Crippen LogP contribution in [0, 0.1) is 28.1 Å². The Hall–Kier alpha value is -3.03. The molecule has 8 heteroatoms.